The summed E-state index contributed by atoms with van der Waals surface area (Å²) in [7, 11) is 3.29. The maximum atomic E-state index is 11.7. The largest absolute Gasteiger partial charge is 0.496 e. The Balaban J connectivity index is 2.86. The number of aliphatic hydroxyl groups excluding tert-OH is 1. The molecule has 0 aliphatic heterocycles. The molecule has 3 N–H and O–H groups in total. The van der Waals surface area contributed by atoms with Crippen LogP contribution in [-0.2, 0) is 11.3 Å². The van der Waals surface area contributed by atoms with E-state index in [0.29, 0.717) is 6.54 Å². The van der Waals surface area contributed by atoms with Crippen molar-refractivity contribution < 1.29 is 14.6 Å². The fraction of sp³-hybridized carbons (Fsp3) is 0.500. The van der Waals surface area contributed by atoms with Crippen molar-refractivity contribution in [2.45, 2.75) is 26.5 Å². The molecule has 0 bridgehead atoms. The quantitative estimate of drug-likeness (QED) is 0.818. The number of likely N-dealkylation sites (N-methyl/N-ethyl adjacent to an activating group) is 1. The van der Waals surface area contributed by atoms with Crippen LogP contribution in [-0.4, -0.2) is 42.7 Å². The van der Waals surface area contributed by atoms with Crippen LogP contribution in [0.5, 0.6) is 5.75 Å². The lowest BCUT2D eigenvalue weighted by atomic mass is 10.1. The van der Waals surface area contributed by atoms with Crippen molar-refractivity contribution in [3.8, 4) is 5.75 Å². The summed E-state index contributed by atoms with van der Waals surface area (Å²) in [5.74, 6) is 0.494. The molecule has 0 aromatic heterocycles. The number of rotatable bonds is 5. The van der Waals surface area contributed by atoms with E-state index in [1.54, 1.807) is 14.2 Å². The monoisotopic (exact) mass is 266 g/mol. The second kappa shape index (κ2) is 6.54. The van der Waals surface area contributed by atoms with Crippen LogP contribution < -0.4 is 10.5 Å². The predicted octanol–water partition coefficient (Wildman–Crippen LogP) is 0.590. The molecule has 1 aromatic carbocycles. The van der Waals surface area contributed by atoms with Gasteiger partial charge in [0.15, 0.2) is 0 Å². The van der Waals surface area contributed by atoms with Crippen LogP contribution >= 0.6 is 0 Å². The van der Waals surface area contributed by atoms with Crippen LogP contribution in [0.1, 0.15) is 16.7 Å². The average Bonchev–Trinajstić information content (AvgIpc) is 2.36. The van der Waals surface area contributed by atoms with Crippen molar-refractivity contribution in [3.05, 3.63) is 28.8 Å². The maximum Gasteiger partial charge on any atom is 0.252 e. The van der Waals surface area contributed by atoms with E-state index in [1.165, 1.54) is 4.90 Å². The summed E-state index contributed by atoms with van der Waals surface area (Å²) in [6.07, 6.45) is -1.13. The number of nitrogens with zero attached hydrogens (tertiary/aromatic N) is 1. The highest BCUT2D eigenvalue weighted by atomic mass is 16.5. The fourth-order valence-corrected chi connectivity index (χ4v) is 2.16. The van der Waals surface area contributed by atoms with Crippen LogP contribution in [0, 0.1) is 13.8 Å². The standard InChI is InChI=1S/C14H22N2O3/c1-9-5-11(6-10(2)13(9)19-4)8-16(3)14(18)12(17)7-15/h5-6,12,17H,7-8,15H2,1-4H3. The number of carbonyl (C=O) groups is 1. The topological polar surface area (TPSA) is 75.8 Å². The van der Waals surface area contributed by atoms with Gasteiger partial charge in [-0.25, -0.2) is 0 Å². The smallest absolute Gasteiger partial charge is 0.252 e. The van der Waals surface area contributed by atoms with E-state index in [0.717, 1.165) is 22.4 Å². The molecular weight excluding hydrogens is 244 g/mol. The average molecular weight is 266 g/mol. The first-order chi connectivity index (χ1) is 8.90. The summed E-state index contributed by atoms with van der Waals surface area (Å²) in [5.41, 5.74) is 8.32. The van der Waals surface area contributed by atoms with Crippen LogP contribution in [0.4, 0.5) is 0 Å². The molecule has 0 fully saturated rings. The SMILES string of the molecule is COc1c(C)cc(CN(C)C(=O)C(O)CN)cc1C. The molecule has 0 saturated carbocycles. The van der Waals surface area contributed by atoms with Crippen LogP contribution in [0.25, 0.3) is 0 Å². The van der Waals surface area contributed by atoms with E-state index >= 15 is 0 Å². The second-order valence-corrected chi connectivity index (χ2v) is 4.71. The zero-order chi connectivity index (χ0) is 14.6. The van der Waals surface area contributed by atoms with Gasteiger partial charge < -0.3 is 20.5 Å². The van der Waals surface area contributed by atoms with Crippen molar-refractivity contribution in [2.75, 3.05) is 20.7 Å². The van der Waals surface area contributed by atoms with Crippen molar-refractivity contribution in [2.24, 2.45) is 5.73 Å². The van der Waals surface area contributed by atoms with Crippen LogP contribution in [0.3, 0.4) is 0 Å². The molecular formula is C14H22N2O3. The van der Waals surface area contributed by atoms with Gasteiger partial charge in [0, 0.05) is 20.1 Å². The highest BCUT2D eigenvalue weighted by Gasteiger charge is 2.18. The Labute approximate surface area is 114 Å². The Kier molecular flexibility index (Phi) is 5.32. The molecule has 1 amide bonds. The third-order valence-corrected chi connectivity index (χ3v) is 3.03. The first-order valence-electron chi connectivity index (χ1n) is 6.18. The van der Waals surface area contributed by atoms with Crippen molar-refractivity contribution in [1.29, 1.82) is 0 Å². The van der Waals surface area contributed by atoms with E-state index in [1.807, 2.05) is 26.0 Å². The van der Waals surface area contributed by atoms with Crippen LogP contribution in [0.2, 0.25) is 0 Å². The van der Waals surface area contributed by atoms with Gasteiger partial charge in [-0.2, -0.15) is 0 Å². The maximum absolute atomic E-state index is 11.7. The van der Waals surface area contributed by atoms with Crippen molar-refractivity contribution >= 4 is 5.91 Å². The van der Waals surface area contributed by atoms with E-state index < -0.39 is 6.10 Å². The third-order valence-electron chi connectivity index (χ3n) is 3.03. The number of nitrogens with two attached hydrogens (primary N) is 1. The van der Waals surface area contributed by atoms with Gasteiger partial charge in [0.1, 0.15) is 11.9 Å². The summed E-state index contributed by atoms with van der Waals surface area (Å²) in [6, 6.07) is 3.95. The molecule has 5 nitrogen and oxygen atoms in total. The number of hydrogen-bond donors (Lipinski definition) is 2. The zero-order valence-corrected chi connectivity index (χ0v) is 11.9. The molecule has 5 heteroatoms. The summed E-state index contributed by atoms with van der Waals surface area (Å²) in [5, 5.41) is 9.43. The highest BCUT2D eigenvalue weighted by Crippen LogP contribution is 2.24. The molecule has 1 aromatic rings. The number of benzene rings is 1. The van der Waals surface area contributed by atoms with E-state index in [2.05, 4.69) is 0 Å². The van der Waals surface area contributed by atoms with Gasteiger partial charge >= 0.3 is 0 Å². The van der Waals surface area contributed by atoms with Crippen molar-refractivity contribution in [1.82, 2.24) is 4.90 Å². The number of amides is 1. The van der Waals surface area contributed by atoms with Gasteiger partial charge in [0.05, 0.1) is 7.11 Å². The Morgan fingerprint density at radius 3 is 2.37 bits per heavy atom. The molecule has 0 spiro atoms. The van der Waals surface area contributed by atoms with E-state index in [-0.39, 0.29) is 12.5 Å². The summed E-state index contributed by atoms with van der Waals surface area (Å²) >= 11 is 0. The lowest BCUT2D eigenvalue weighted by molar-refractivity contribution is -0.138. The van der Waals surface area contributed by atoms with Gasteiger partial charge in [0.2, 0.25) is 0 Å². The zero-order valence-electron chi connectivity index (χ0n) is 11.9. The molecule has 0 aliphatic rings. The normalized spacial score (nSPS) is 12.1. The minimum atomic E-state index is -1.13. The second-order valence-electron chi connectivity index (χ2n) is 4.71. The Morgan fingerprint density at radius 1 is 1.42 bits per heavy atom. The molecule has 0 radical (unpaired) electrons. The van der Waals surface area contributed by atoms with Crippen LogP contribution in [0.15, 0.2) is 12.1 Å². The summed E-state index contributed by atoms with van der Waals surface area (Å²) in [6.45, 7) is 4.29. The van der Waals surface area contributed by atoms with Gasteiger partial charge in [0.25, 0.3) is 5.91 Å². The van der Waals surface area contributed by atoms with E-state index in [9.17, 15) is 9.90 Å². The van der Waals surface area contributed by atoms with E-state index in [4.69, 9.17) is 10.5 Å². The Morgan fingerprint density at radius 2 is 1.95 bits per heavy atom. The fourth-order valence-electron chi connectivity index (χ4n) is 2.16. The minimum Gasteiger partial charge on any atom is -0.496 e. The van der Waals surface area contributed by atoms with Crippen molar-refractivity contribution in [3.63, 3.8) is 0 Å². The summed E-state index contributed by atoms with van der Waals surface area (Å²) < 4.78 is 5.30. The number of hydrogen-bond acceptors (Lipinski definition) is 4. The first kappa shape index (κ1) is 15.5. The molecule has 1 atom stereocenters. The highest BCUT2D eigenvalue weighted by molar-refractivity contribution is 5.80. The lowest BCUT2D eigenvalue weighted by Gasteiger charge is -2.21. The Hall–Kier alpha value is -1.59. The van der Waals surface area contributed by atoms with Gasteiger partial charge in [-0.05, 0) is 30.5 Å². The number of aryl methyl sites for hydroxylation is 2. The molecule has 19 heavy (non-hydrogen) atoms. The van der Waals surface area contributed by atoms with Gasteiger partial charge in [-0.3, -0.25) is 4.79 Å². The first-order valence-corrected chi connectivity index (χ1v) is 6.18. The molecule has 0 saturated heterocycles. The summed E-state index contributed by atoms with van der Waals surface area (Å²) in [4.78, 5) is 13.2. The Bertz CT molecular complexity index is 437. The molecule has 0 heterocycles. The minimum absolute atomic E-state index is 0.0656. The molecule has 1 rings (SSSR count). The van der Waals surface area contributed by atoms with Gasteiger partial charge in [-0.1, -0.05) is 12.1 Å². The number of carbonyl (C=O) groups excluding carboxylic acids is 1. The molecule has 1 unspecified atom stereocenters. The number of methoxy groups -OCH3 is 1. The number of aliphatic hydroxyl groups is 1. The predicted molar refractivity (Wildman–Crippen MR) is 74.0 cm³/mol. The van der Waals surface area contributed by atoms with Gasteiger partial charge in [-0.15, -0.1) is 0 Å². The molecule has 106 valence electrons. The molecule has 0 aliphatic carbocycles. The lowest BCUT2D eigenvalue weighted by Crippen LogP contribution is -2.40. The third kappa shape index (κ3) is 3.68. The number of ether oxygens (including phenoxy) is 1.